The van der Waals surface area contributed by atoms with Crippen molar-refractivity contribution >= 4 is 0 Å². The molecule has 2 heteroatoms. The van der Waals surface area contributed by atoms with Crippen LogP contribution in [0.25, 0.3) is 0 Å². The van der Waals surface area contributed by atoms with Gasteiger partial charge in [0.25, 0.3) is 0 Å². The molecule has 3 aliphatic rings. The fourth-order valence-electron chi connectivity index (χ4n) is 3.54. The third kappa shape index (κ3) is 1.23. The summed E-state index contributed by atoms with van der Waals surface area (Å²) in [5.74, 6) is 2.14. The number of nitrogens with one attached hydrogen (secondary N) is 1. The highest BCUT2D eigenvalue weighted by atomic mass is 15.2. The maximum Gasteiger partial charge on any atom is 0.0345 e. The van der Waals surface area contributed by atoms with Crippen LogP contribution in [0.15, 0.2) is 0 Å². The molecule has 2 bridgehead atoms. The first-order valence-corrected chi connectivity index (χ1v) is 5.77. The van der Waals surface area contributed by atoms with Crippen molar-refractivity contribution in [3.63, 3.8) is 0 Å². The zero-order valence-corrected chi connectivity index (χ0v) is 8.50. The highest BCUT2D eigenvalue weighted by molar-refractivity contribution is 4.98. The zero-order chi connectivity index (χ0) is 8.84. The molecule has 1 saturated heterocycles. The van der Waals surface area contributed by atoms with Crippen LogP contribution in [0.2, 0.25) is 0 Å². The van der Waals surface area contributed by atoms with Gasteiger partial charge in [0, 0.05) is 25.2 Å². The molecule has 3 unspecified atom stereocenters. The summed E-state index contributed by atoms with van der Waals surface area (Å²) in [6, 6.07) is 1.79. The van der Waals surface area contributed by atoms with Gasteiger partial charge in [0.2, 0.25) is 0 Å². The lowest BCUT2D eigenvalue weighted by Gasteiger charge is -2.42. The van der Waals surface area contributed by atoms with Gasteiger partial charge in [-0.2, -0.15) is 0 Å². The number of nitrogens with zero attached hydrogens (tertiary/aromatic N) is 1. The van der Waals surface area contributed by atoms with Crippen LogP contribution in [-0.2, 0) is 0 Å². The Balaban J connectivity index is 1.65. The Morgan fingerprint density at radius 1 is 1.15 bits per heavy atom. The smallest absolute Gasteiger partial charge is 0.0345 e. The second-order valence-corrected chi connectivity index (χ2v) is 5.22. The molecule has 13 heavy (non-hydrogen) atoms. The van der Waals surface area contributed by atoms with Crippen LogP contribution >= 0.6 is 0 Å². The Kier molecular flexibility index (Phi) is 1.88. The Labute approximate surface area is 80.7 Å². The molecule has 0 aromatic carbocycles. The van der Waals surface area contributed by atoms with E-state index in [1.807, 2.05) is 0 Å². The van der Waals surface area contributed by atoms with Crippen LogP contribution in [0.3, 0.4) is 0 Å². The van der Waals surface area contributed by atoms with Crippen molar-refractivity contribution in [2.45, 2.75) is 37.8 Å². The van der Waals surface area contributed by atoms with E-state index in [4.69, 9.17) is 0 Å². The van der Waals surface area contributed by atoms with Gasteiger partial charge in [-0.3, -0.25) is 4.90 Å². The summed E-state index contributed by atoms with van der Waals surface area (Å²) in [6.07, 6.45) is 6.07. The topological polar surface area (TPSA) is 15.3 Å². The molecule has 2 nitrogen and oxygen atoms in total. The Morgan fingerprint density at radius 3 is 2.46 bits per heavy atom. The van der Waals surface area contributed by atoms with E-state index in [0.717, 1.165) is 23.9 Å². The second-order valence-electron chi connectivity index (χ2n) is 5.22. The lowest BCUT2D eigenvalue weighted by Crippen LogP contribution is -2.59. The quantitative estimate of drug-likeness (QED) is 0.684. The summed E-state index contributed by atoms with van der Waals surface area (Å²) in [6.45, 7) is 2.45. The summed E-state index contributed by atoms with van der Waals surface area (Å²) in [4.78, 5) is 2.67. The first-order valence-electron chi connectivity index (χ1n) is 5.77. The molecule has 0 amide bonds. The van der Waals surface area contributed by atoms with Gasteiger partial charge in [0.05, 0.1) is 0 Å². The van der Waals surface area contributed by atoms with Crippen molar-refractivity contribution in [2.75, 3.05) is 20.1 Å². The Bertz CT molecular complexity index is 200. The van der Waals surface area contributed by atoms with Gasteiger partial charge in [-0.1, -0.05) is 6.42 Å². The lowest BCUT2D eigenvalue weighted by atomic mass is 9.92. The average molecular weight is 180 g/mol. The zero-order valence-electron chi connectivity index (χ0n) is 8.50. The molecule has 0 spiro atoms. The molecule has 1 N–H and O–H groups in total. The highest BCUT2D eigenvalue weighted by Gasteiger charge is 2.43. The van der Waals surface area contributed by atoms with E-state index in [-0.39, 0.29) is 0 Å². The summed E-state index contributed by atoms with van der Waals surface area (Å²) < 4.78 is 0. The van der Waals surface area contributed by atoms with Crippen LogP contribution in [0.1, 0.15) is 25.7 Å². The van der Waals surface area contributed by atoms with E-state index < -0.39 is 0 Å². The van der Waals surface area contributed by atoms with Crippen molar-refractivity contribution in [3.05, 3.63) is 0 Å². The molecule has 74 valence electrons. The van der Waals surface area contributed by atoms with Gasteiger partial charge < -0.3 is 5.32 Å². The van der Waals surface area contributed by atoms with Gasteiger partial charge in [-0.25, -0.2) is 0 Å². The molecule has 1 heterocycles. The molecule has 2 aliphatic carbocycles. The van der Waals surface area contributed by atoms with Crippen molar-refractivity contribution in [1.82, 2.24) is 10.2 Å². The lowest BCUT2D eigenvalue weighted by molar-refractivity contribution is 0.0923. The van der Waals surface area contributed by atoms with Crippen molar-refractivity contribution < 1.29 is 0 Å². The predicted molar refractivity (Wildman–Crippen MR) is 53.7 cm³/mol. The minimum atomic E-state index is 0.851. The fraction of sp³-hybridized carbons (Fsp3) is 1.00. The highest BCUT2D eigenvalue weighted by Crippen LogP contribution is 2.46. The first-order chi connectivity index (χ1) is 6.34. The SMILES string of the molecule is CN(C1CNC1)C1CC2CCC1C2. The monoisotopic (exact) mass is 180 g/mol. The minimum absolute atomic E-state index is 0.851. The van der Waals surface area contributed by atoms with Gasteiger partial charge in [-0.15, -0.1) is 0 Å². The standard InChI is InChI=1S/C11H20N2/c1-13(10-6-12-7-10)11-5-8-2-3-9(11)4-8/h8-12H,2-7H2,1H3. The maximum atomic E-state index is 3.37. The van der Waals surface area contributed by atoms with Gasteiger partial charge in [0.15, 0.2) is 0 Å². The van der Waals surface area contributed by atoms with E-state index in [1.54, 1.807) is 0 Å². The van der Waals surface area contributed by atoms with Crippen LogP contribution in [0.5, 0.6) is 0 Å². The second kappa shape index (κ2) is 2.96. The van der Waals surface area contributed by atoms with Gasteiger partial charge >= 0.3 is 0 Å². The Hall–Kier alpha value is -0.0800. The fourth-order valence-corrected chi connectivity index (χ4v) is 3.54. The number of hydrogen-bond donors (Lipinski definition) is 1. The summed E-state index contributed by atoms with van der Waals surface area (Å²) in [7, 11) is 2.34. The molecular formula is C11H20N2. The number of hydrogen-bond acceptors (Lipinski definition) is 2. The molecule has 0 radical (unpaired) electrons. The molecule has 1 aliphatic heterocycles. The third-order valence-corrected chi connectivity index (χ3v) is 4.56. The molecule has 0 aromatic heterocycles. The summed E-state index contributed by atoms with van der Waals surface area (Å²) in [5.41, 5.74) is 0. The van der Waals surface area contributed by atoms with Crippen molar-refractivity contribution in [2.24, 2.45) is 11.8 Å². The van der Waals surface area contributed by atoms with Crippen LogP contribution in [-0.4, -0.2) is 37.1 Å². The van der Waals surface area contributed by atoms with Crippen LogP contribution in [0.4, 0.5) is 0 Å². The summed E-state index contributed by atoms with van der Waals surface area (Å²) in [5, 5.41) is 3.37. The molecule has 3 rings (SSSR count). The summed E-state index contributed by atoms with van der Waals surface area (Å²) >= 11 is 0. The first kappa shape index (κ1) is 8.25. The van der Waals surface area contributed by atoms with Crippen molar-refractivity contribution in [3.8, 4) is 0 Å². The van der Waals surface area contributed by atoms with E-state index in [0.29, 0.717) is 0 Å². The van der Waals surface area contributed by atoms with E-state index >= 15 is 0 Å². The molecule has 3 atom stereocenters. The molecule has 3 fully saturated rings. The largest absolute Gasteiger partial charge is 0.314 e. The van der Waals surface area contributed by atoms with E-state index in [2.05, 4.69) is 17.3 Å². The number of fused-ring (bicyclic) bond motifs is 2. The predicted octanol–water partition coefficient (Wildman–Crippen LogP) is 1.08. The number of rotatable bonds is 2. The van der Waals surface area contributed by atoms with Crippen LogP contribution < -0.4 is 5.32 Å². The van der Waals surface area contributed by atoms with Crippen molar-refractivity contribution in [1.29, 1.82) is 0 Å². The third-order valence-electron chi connectivity index (χ3n) is 4.56. The van der Waals surface area contributed by atoms with Crippen LogP contribution in [0, 0.1) is 11.8 Å². The molecule has 0 aromatic rings. The van der Waals surface area contributed by atoms with Gasteiger partial charge in [0.1, 0.15) is 0 Å². The minimum Gasteiger partial charge on any atom is -0.314 e. The number of likely N-dealkylation sites (N-methyl/N-ethyl adjacent to an activating group) is 1. The van der Waals surface area contributed by atoms with E-state index in [1.165, 1.54) is 38.8 Å². The molecule has 2 saturated carbocycles. The normalized spacial score (nSPS) is 44.3. The van der Waals surface area contributed by atoms with Gasteiger partial charge in [-0.05, 0) is 38.1 Å². The average Bonchev–Trinajstić information content (AvgIpc) is 2.59. The maximum absolute atomic E-state index is 3.37. The Morgan fingerprint density at radius 2 is 2.00 bits per heavy atom. The molecular weight excluding hydrogens is 160 g/mol. The van der Waals surface area contributed by atoms with E-state index in [9.17, 15) is 0 Å².